The lowest BCUT2D eigenvalue weighted by Gasteiger charge is -2.09. The fourth-order valence-corrected chi connectivity index (χ4v) is 1.82. The number of halogens is 1. The van der Waals surface area contributed by atoms with Crippen molar-refractivity contribution in [2.24, 2.45) is 0 Å². The molecule has 2 rings (SSSR count). The number of hydrogen-bond donors (Lipinski definition) is 0. The van der Waals surface area contributed by atoms with Crippen LogP contribution in [-0.4, -0.2) is 14.7 Å². The SMILES string of the molecule is O=[N+]([O-])c1cnn(C2CC=CC2)c1Cl. The van der Waals surface area contributed by atoms with E-state index in [0.717, 1.165) is 12.8 Å². The van der Waals surface area contributed by atoms with Crippen molar-refractivity contribution in [3.8, 4) is 0 Å². The second-order valence-corrected chi connectivity index (χ2v) is 3.48. The molecule has 1 heterocycles. The monoisotopic (exact) mass is 213 g/mol. The molecule has 0 saturated carbocycles. The zero-order chi connectivity index (χ0) is 10.1. The molecular formula is C8H8ClN3O2. The lowest BCUT2D eigenvalue weighted by molar-refractivity contribution is -0.384. The molecule has 0 fully saturated rings. The molecule has 0 bridgehead atoms. The minimum atomic E-state index is -0.520. The predicted molar refractivity (Wildman–Crippen MR) is 51.3 cm³/mol. The largest absolute Gasteiger partial charge is 0.325 e. The average Bonchev–Trinajstić information content (AvgIpc) is 2.71. The highest BCUT2D eigenvalue weighted by atomic mass is 35.5. The van der Waals surface area contributed by atoms with Crippen LogP contribution in [0.25, 0.3) is 0 Å². The highest BCUT2D eigenvalue weighted by molar-refractivity contribution is 6.31. The first-order valence-corrected chi connectivity index (χ1v) is 4.60. The van der Waals surface area contributed by atoms with Gasteiger partial charge in [0.25, 0.3) is 0 Å². The van der Waals surface area contributed by atoms with Crippen LogP contribution in [0, 0.1) is 10.1 Å². The van der Waals surface area contributed by atoms with Gasteiger partial charge < -0.3 is 0 Å². The molecule has 0 spiro atoms. The van der Waals surface area contributed by atoms with Gasteiger partial charge in [0.1, 0.15) is 6.20 Å². The summed E-state index contributed by atoms with van der Waals surface area (Å²) in [6.45, 7) is 0. The number of rotatable bonds is 2. The number of aromatic nitrogens is 2. The van der Waals surface area contributed by atoms with Gasteiger partial charge in [0.15, 0.2) is 0 Å². The van der Waals surface area contributed by atoms with E-state index in [0.29, 0.717) is 0 Å². The summed E-state index contributed by atoms with van der Waals surface area (Å²) < 4.78 is 1.51. The van der Waals surface area contributed by atoms with Crippen molar-refractivity contribution in [2.45, 2.75) is 18.9 Å². The third kappa shape index (κ3) is 1.39. The maximum absolute atomic E-state index is 10.5. The second kappa shape index (κ2) is 3.42. The third-order valence-corrected chi connectivity index (χ3v) is 2.61. The first-order chi connectivity index (χ1) is 6.70. The molecular weight excluding hydrogens is 206 g/mol. The molecule has 74 valence electrons. The summed E-state index contributed by atoms with van der Waals surface area (Å²) in [7, 11) is 0. The van der Waals surface area contributed by atoms with E-state index in [2.05, 4.69) is 5.10 Å². The molecule has 0 aromatic carbocycles. The number of hydrogen-bond acceptors (Lipinski definition) is 3. The normalized spacial score (nSPS) is 16.4. The van der Waals surface area contributed by atoms with E-state index >= 15 is 0 Å². The third-order valence-electron chi connectivity index (χ3n) is 2.24. The Hall–Kier alpha value is -1.36. The smallest absolute Gasteiger partial charge is 0.258 e. The molecule has 14 heavy (non-hydrogen) atoms. The molecule has 1 aliphatic rings. The van der Waals surface area contributed by atoms with Crippen LogP contribution < -0.4 is 0 Å². The first-order valence-electron chi connectivity index (χ1n) is 4.22. The molecule has 0 unspecified atom stereocenters. The number of nitro groups is 1. The zero-order valence-corrected chi connectivity index (χ0v) is 8.02. The molecule has 0 saturated heterocycles. The van der Waals surface area contributed by atoms with E-state index in [4.69, 9.17) is 11.6 Å². The summed E-state index contributed by atoms with van der Waals surface area (Å²) in [4.78, 5) is 9.98. The van der Waals surface area contributed by atoms with Gasteiger partial charge in [-0.25, -0.2) is 4.68 Å². The van der Waals surface area contributed by atoms with E-state index in [9.17, 15) is 10.1 Å². The van der Waals surface area contributed by atoms with Crippen molar-refractivity contribution in [3.63, 3.8) is 0 Å². The quantitative estimate of drug-likeness (QED) is 0.430. The molecule has 1 aromatic rings. The molecule has 6 heteroatoms. The summed E-state index contributed by atoms with van der Waals surface area (Å²) in [5, 5.41) is 14.5. The Morgan fingerprint density at radius 3 is 2.71 bits per heavy atom. The van der Waals surface area contributed by atoms with E-state index in [-0.39, 0.29) is 16.9 Å². The Bertz CT molecular complexity index is 391. The molecule has 0 N–H and O–H groups in total. The zero-order valence-electron chi connectivity index (χ0n) is 7.26. The van der Waals surface area contributed by atoms with Crippen molar-refractivity contribution >= 4 is 17.3 Å². The van der Waals surface area contributed by atoms with E-state index < -0.39 is 4.92 Å². The van der Waals surface area contributed by atoms with Gasteiger partial charge >= 0.3 is 5.69 Å². The maximum atomic E-state index is 10.5. The average molecular weight is 214 g/mol. The van der Waals surface area contributed by atoms with Gasteiger partial charge in [-0.15, -0.1) is 0 Å². The van der Waals surface area contributed by atoms with Gasteiger partial charge in [0.05, 0.1) is 11.0 Å². The number of allylic oxidation sites excluding steroid dienone is 2. The number of nitrogens with zero attached hydrogens (tertiary/aromatic N) is 3. The standard InChI is InChI=1S/C8H8ClN3O2/c9-8-7(12(13)14)5-10-11(8)6-3-1-2-4-6/h1-2,5-6H,3-4H2. The van der Waals surface area contributed by atoms with Crippen LogP contribution in [0.1, 0.15) is 18.9 Å². The fourth-order valence-electron chi connectivity index (χ4n) is 1.52. The predicted octanol–water partition coefficient (Wildman–Crippen LogP) is 2.34. The Kier molecular flexibility index (Phi) is 2.25. The summed E-state index contributed by atoms with van der Waals surface area (Å²) in [6.07, 6.45) is 6.90. The van der Waals surface area contributed by atoms with Crippen molar-refractivity contribution in [2.75, 3.05) is 0 Å². The Morgan fingerprint density at radius 1 is 1.57 bits per heavy atom. The van der Waals surface area contributed by atoms with Crippen molar-refractivity contribution in [1.29, 1.82) is 0 Å². The Morgan fingerprint density at radius 2 is 2.21 bits per heavy atom. The van der Waals surface area contributed by atoms with Crippen LogP contribution in [-0.2, 0) is 0 Å². The van der Waals surface area contributed by atoms with Crippen molar-refractivity contribution in [1.82, 2.24) is 9.78 Å². The molecule has 0 radical (unpaired) electrons. The van der Waals surface area contributed by atoms with Crippen molar-refractivity contribution < 1.29 is 4.92 Å². The van der Waals surface area contributed by atoms with E-state index in [1.54, 1.807) is 0 Å². The van der Waals surface area contributed by atoms with Crippen LogP contribution in [0.5, 0.6) is 0 Å². The van der Waals surface area contributed by atoms with Gasteiger partial charge in [0.2, 0.25) is 5.15 Å². The summed E-state index contributed by atoms with van der Waals surface area (Å²) >= 11 is 5.83. The van der Waals surface area contributed by atoms with Gasteiger partial charge in [-0.3, -0.25) is 10.1 Å². The lowest BCUT2D eigenvalue weighted by Crippen LogP contribution is -2.06. The summed E-state index contributed by atoms with van der Waals surface area (Å²) in [5.74, 6) is 0. The highest BCUT2D eigenvalue weighted by Crippen LogP contribution is 2.31. The van der Waals surface area contributed by atoms with Crippen LogP contribution in [0.4, 0.5) is 5.69 Å². The lowest BCUT2D eigenvalue weighted by atomic mass is 10.2. The maximum Gasteiger partial charge on any atom is 0.325 e. The summed E-state index contributed by atoms with van der Waals surface area (Å²) in [5.41, 5.74) is -0.126. The topological polar surface area (TPSA) is 61.0 Å². The van der Waals surface area contributed by atoms with Gasteiger partial charge in [0, 0.05) is 0 Å². The molecule has 0 amide bonds. The van der Waals surface area contributed by atoms with E-state index in [1.165, 1.54) is 10.9 Å². The highest BCUT2D eigenvalue weighted by Gasteiger charge is 2.23. The molecule has 0 atom stereocenters. The summed E-state index contributed by atoms with van der Waals surface area (Å²) in [6, 6.07) is 0.135. The van der Waals surface area contributed by atoms with Gasteiger partial charge in [-0.1, -0.05) is 23.8 Å². The molecule has 5 nitrogen and oxygen atoms in total. The van der Waals surface area contributed by atoms with E-state index in [1.807, 2.05) is 12.2 Å². The minimum Gasteiger partial charge on any atom is -0.258 e. The van der Waals surface area contributed by atoms with Crippen LogP contribution in [0.3, 0.4) is 0 Å². The Balaban J connectivity index is 2.31. The first kappa shape index (κ1) is 9.21. The Labute approximate surface area is 85.1 Å². The fraction of sp³-hybridized carbons (Fsp3) is 0.375. The second-order valence-electron chi connectivity index (χ2n) is 3.12. The van der Waals surface area contributed by atoms with Crippen LogP contribution >= 0.6 is 11.6 Å². The molecule has 1 aliphatic carbocycles. The van der Waals surface area contributed by atoms with Gasteiger partial charge in [-0.2, -0.15) is 5.10 Å². The van der Waals surface area contributed by atoms with Crippen molar-refractivity contribution in [3.05, 3.63) is 33.6 Å². The minimum absolute atomic E-state index is 0.115. The molecule has 0 aliphatic heterocycles. The van der Waals surface area contributed by atoms with Crippen LogP contribution in [0.15, 0.2) is 18.3 Å². The van der Waals surface area contributed by atoms with Gasteiger partial charge in [-0.05, 0) is 12.8 Å². The van der Waals surface area contributed by atoms with Crippen LogP contribution in [0.2, 0.25) is 5.15 Å². The molecule has 1 aromatic heterocycles.